The molecule has 1 N–H and O–H groups in total. The molecule has 0 unspecified atom stereocenters. The molecule has 1 fully saturated rings. The highest BCUT2D eigenvalue weighted by atomic mass is 16.3. The van der Waals surface area contributed by atoms with Crippen molar-refractivity contribution in [3.63, 3.8) is 0 Å². The van der Waals surface area contributed by atoms with Crippen molar-refractivity contribution in [2.24, 2.45) is 0 Å². The summed E-state index contributed by atoms with van der Waals surface area (Å²) in [6.07, 6.45) is 1.29. The molecule has 0 spiro atoms. The summed E-state index contributed by atoms with van der Waals surface area (Å²) in [4.78, 5) is 16.2. The van der Waals surface area contributed by atoms with Gasteiger partial charge in [0.05, 0.1) is 5.60 Å². The Morgan fingerprint density at radius 1 is 1.21 bits per heavy atom. The average molecular weight is 262 g/mol. The van der Waals surface area contributed by atoms with Gasteiger partial charge < -0.3 is 14.9 Å². The minimum Gasteiger partial charge on any atom is -0.390 e. The van der Waals surface area contributed by atoms with Crippen LogP contribution in [0.5, 0.6) is 0 Å². The van der Waals surface area contributed by atoms with E-state index in [-0.39, 0.29) is 5.91 Å². The van der Waals surface area contributed by atoms with Crippen LogP contribution < -0.4 is 4.90 Å². The van der Waals surface area contributed by atoms with Crippen LogP contribution in [0.3, 0.4) is 0 Å². The summed E-state index contributed by atoms with van der Waals surface area (Å²) in [6.45, 7) is 3.09. The standard InChI is InChI=1S/C15H22N2O2/c1-15(19)8-10-17(11-9-15)14(18)12-4-6-13(7-5-12)16(2)3/h4-7,19H,8-11H2,1-3H3. The Labute approximate surface area is 114 Å². The van der Waals surface area contributed by atoms with E-state index in [9.17, 15) is 9.90 Å². The average Bonchev–Trinajstić information content (AvgIpc) is 2.38. The highest BCUT2D eigenvalue weighted by molar-refractivity contribution is 5.94. The molecule has 19 heavy (non-hydrogen) atoms. The predicted molar refractivity (Wildman–Crippen MR) is 76.5 cm³/mol. The number of nitrogens with zero attached hydrogens (tertiary/aromatic N) is 2. The van der Waals surface area contributed by atoms with Gasteiger partial charge in [-0.15, -0.1) is 0 Å². The molecule has 0 aromatic heterocycles. The van der Waals surface area contributed by atoms with Crippen molar-refractivity contribution < 1.29 is 9.90 Å². The summed E-state index contributed by atoms with van der Waals surface area (Å²) in [7, 11) is 3.95. The molecule has 1 aliphatic heterocycles. The van der Waals surface area contributed by atoms with E-state index in [2.05, 4.69) is 0 Å². The first-order valence-corrected chi connectivity index (χ1v) is 6.68. The number of rotatable bonds is 2. The highest BCUT2D eigenvalue weighted by Gasteiger charge is 2.29. The van der Waals surface area contributed by atoms with Crippen LogP contribution in [0.25, 0.3) is 0 Å². The number of hydrogen-bond donors (Lipinski definition) is 1. The van der Waals surface area contributed by atoms with E-state index in [1.54, 1.807) is 0 Å². The fourth-order valence-corrected chi connectivity index (χ4v) is 2.28. The van der Waals surface area contributed by atoms with Crippen LogP contribution >= 0.6 is 0 Å². The third kappa shape index (κ3) is 3.26. The minimum atomic E-state index is -0.619. The maximum Gasteiger partial charge on any atom is 0.253 e. The molecule has 4 nitrogen and oxygen atoms in total. The second-order valence-electron chi connectivity index (χ2n) is 5.73. The Hall–Kier alpha value is -1.55. The van der Waals surface area contributed by atoms with Crippen molar-refractivity contribution in [2.45, 2.75) is 25.4 Å². The maximum atomic E-state index is 12.3. The molecule has 1 heterocycles. The fraction of sp³-hybridized carbons (Fsp3) is 0.533. The van der Waals surface area contributed by atoms with Crippen molar-refractivity contribution in [2.75, 3.05) is 32.1 Å². The number of amides is 1. The SMILES string of the molecule is CN(C)c1ccc(C(=O)N2CCC(C)(O)CC2)cc1. The number of hydrogen-bond acceptors (Lipinski definition) is 3. The van der Waals surface area contributed by atoms with Gasteiger partial charge >= 0.3 is 0 Å². The van der Waals surface area contributed by atoms with Gasteiger partial charge in [-0.1, -0.05) is 0 Å². The third-order valence-electron chi connectivity index (χ3n) is 3.76. The summed E-state index contributed by atoms with van der Waals surface area (Å²) < 4.78 is 0. The first-order valence-electron chi connectivity index (χ1n) is 6.68. The lowest BCUT2D eigenvalue weighted by atomic mass is 9.93. The topological polar surface area (TPSA) is 43.8 Å². The molecule has 0 atom stereocenters. The Morgan fingerprint density at radius 3 is 2.21 bits per heavy atom. The molecule has 0 radical (unpaired) electrons. The largest absolute Gasteiger partial charge is 0.390 e. The lowest BCUT2D eigenvalue weighted by molar-refractivity contribution is -0.00202. The number of aliphatic hydroxyl groups is 1. The van der Waals surface area contributed by atoms with Crippen LogP contribution in [0, 0.1) is 0 Å². The summed E-state index contributed by atoms with van der Waals surface area (Å²) in [5, 5.41) is 9.90. The second kappa shape index (κ2) is 5.21. The van der Waals surface area contributed by atoms with E-state index in [0.717, 1.165) is 5.69 Å². The van der Waals surface area contributed by atoms with Crippen molar-refractivity contribution >= 4 is 11.6 Å². The van der Waals surface area contributed by atoms with E-state index in [4.69, 9.17) is 0 Å². The Kier molecular flexibility index (Phi) is 3.80. The molecule has 1 aromatic carbocycles. The third-order valence-corrected chi connectivity index (χ3v) is 3.76. The zero-order valence-electron chi connectivity index (χ0n) is 11.9. The van der Waals surface area contributed by atoms with E-state index in [1.807, 2.05) is 55.1 Å². The predicted octanol–water partition coefficient (Wildman–Crippen LogP) is 1.74. The number of carbonyl (C=O) groups excluding carboxylic acids is 1. The molecule has 1 aliphatic rings. The molecule has 1 saturated heterocycles. The normalized spacial score (nSPS) is 18.2. The number of carbonyl (C=O) groups is 1. The summed E-state index contributed by atoms with van der Waals surface area (Å²) in [5.41, 5.74) is 1.18. The van der Waals surface area contributed by atoms with Gasteiger partial charge in [-0.2, -0.15) is 0 Å². The lowest BCUT2D eigenvalue weighted by Gasteiger charge is -2.35. The first kappa shape index (κ1) is 13.9. The van der Waals surface area contributed by atoms with Crippen LogP contribution in [-0.2, 0) is 0 Å². The van der Waals surface area contributed by atoms with Gasteiger partial charge in [0.25, 0.3) is 5.91 Å². The minimum absolute atomic E-state index is 0.0563. The quantitative estimate of drug-likeness (QED) is 0.883. The summed E-state index contributed by atoms with van der Waals surface area (Å²) in [5.74, 6) is 0.0563. The van der Waals surface area contributed by atoms with Crippen molar-refractivity contribution in [1.29, 1.82) is 0 Å². The zero-order valence-corrected chi connectivity index (χ0v) is 11.9. The molecular formula is C15H22N2O2. The molecule has 104 valence electrons. The van der Waals surface area contributed by atoms with Crippen LogP contribution in [0.4, 0.5) is 5.69 Å². The maximum absolute atomic E-state index is 12.3. The summed E-state index contributed by atoms with van der Waals surface area (Å²) in [6, 6.07) is 7.63. The number of piperidine rings is 1. The zero-order chi connectivity index (χ0) is 14.0. The van der Waals surface area contributed by atoms with Crippen molar-refractivity contribution in [3.8, 4) is 0 Å². The molecular weight excluding hydrogens is 240 g/mol. The van der Waals surface area contributed by atoms with Crippen LogP contribution in [0.15, 0.2) is 24.3 Å². The van der Waals surface area contributed by atoms with Gasteiger partial charge in [-0.25, -0.2) is 0 Å². The van der Waals surface area contributed by atoms with E-state index < -0.39 is 5.60 Å². The molecule has 0 bridgehead atoms. The van der Waals surface area contributed by atoms with Crippen LogP contribution in [-0.4, -0.2) is 48.7 Å². The monoisotopic (exact) mass is 262 g/mol. The fourth-order valence-electron chi connectivity index (χ4n) is 2.28. The summed E-state index contributed by atoms with van der Waals surface area (Å²) >= 11 is 0. The van der Waals surface area contributed by atoms with Gasteiger partial charge in [-0.05, 0) is 44.0 Å². The molecule has 1 aromatic rings. The van der Waals surface area contributed by atoms with Gasteiger partial charge in [0.2, 0.25) is 0 Å². The van der Waals surface area contributed by atoms with Crippen LogP contribution in [0.2, 0.25) is 0 Å². The van der Waals surface area contributed by atoms with Crippen molar-refractivity contribution in [3.05, 3.63) is 29.8 Å². The van der Waals surface area contributed by atoms with Gasteiger partial charge in [-0.3, -0.25) is 4.79 Å². The van der Waals surface area contributed by atoms with Crippen LogP contribution in [0.1, 0.15) is 30.1 Å². The van der Waals surface area contributed by atoms with E-state index >= 15 is 0 Å². The molecule has 0 aliphatic carbocycles. The van der Waals surface area contributed by atoms with Gasteiger partial charge in [0, 0.05) is 38.4 Å². The Morgan fingerprint density at radius 2 is 1.74 bits per heavy atom. The van der Waals surface area contributed by atoms with E-state index in [1.165, 1.54) is 0 Å². The van der Waals surface area contributed by atoms with E-state index in [0.29, 0.717) is 31.5 Å². The van der Waals surface area contributed by atoms with Crippen molar-refractivity contribution in [1.82, 2.24) is 4.90 Å². The van der Waals surface area contributed by atoms with Gasteiger partial charge in [0.15, 0.2) is 0 Å². The molecule has 4 heteroatoms. The molecule has 2 rings (SSSR count). The first-order chi connectivity index (χ1) is 8.89. The number of likely N-dealkylation sites (tertiary alicyclic amines) is 1. The molecule has 1 amide bonds. The second-order valence-corrected chi connectivity index (χ2v) is 5.73. The highest BCUT2D eigenvalue weighted by Crippen LogP contribution is 2.23. The number of anilines is 1. The Balaban J connectivity index is 2.04. The lowest BCUT2D eigenvalue weighted by Crippen LogP contribution is -2.45. The Bertz CT molecular complexity index is 442. The molecule has 0 saturated carbocycles. The van der Waals surface area contributed by atoms with Gasteiger partial charge in [0.1, 0.15) is 0 Å². The smallest absolute Gasteiger partial charge is 0.253 e. The number of benzene rings is 1.